The molecule has 0 radical (unpaired) electrons. The Morgan fingerprint density at radius 2 is 1.00 bits per heavy atom. The van der Waals surface area contributed by atoms with Crippen molar-refractivity contribution in [2.45, 2.75) is 136 Å². The maximum atomic E-state index is 11.4. The minimum Gasteiger partial charge on any atom is -0.300 e. The van der Waals surface area contributed by atoms with Crippen LogP contribution < -0.4 is 0 Å². The second-order valence-electron chi connectivity index (χ2n) is 8.17. The maximum absolute atomic E-state index is 11.4. The van der Waals surface area contributed by atoms with Crippen LogP contribution in [0.4, 0.5) is 0 Å². The number of Topliss-reactive ketones (excluding diaryl/α,β-unsaturated/α-hetero) is 2. The third-order valence-corrected chi connectivity index (χ3v) is 5.16. The number of rotatable bonds is 21. The second-order valence-corrected chi connectivity index (χ2v) is 8.17. The van der Waals surface area contributed by atoms with Gasteiger partial charge in [-0.05, 0) is 39.0 Å². The van der Waals surface area contributed by atoms with Crippen molar-refractivity contribution >= 4 is 11.6 Å². The largest absolute Gasteiger partial charge is 0.300 e. The van der Waals surface area contributed by atoms with Gasteiger partial charge >= 0.3 is 0 Å². The van der Waals surface area contributed by atoms with Gasteiger partial charge in [-0.25, -0.2) is 0 Å². The summed E-state index contributed by atoms with van der Waals surface area (Å²) in [7, 11) is 0. The van der Waals surface area contributed by atoms with Crippen LogP contribution in [0.25, 0.3) is 0 Å². The highest BCUT2D eigenvalue weighted by molar-refractivity contribution is 5.97. The van der Waals surface area contributed by atoms with Crippen LogP contribution in [0.15, 0.2) is 12.2 Å². The Kier molecular flexibility index (Phi) is 20.7. The Bertz CT molecular complexity index is 371. The summed E-state index contributed by atoms with van der Waals surface area (Å²) in [6.45, 7) is 3.76. The zero-order valence-corrected chi connectivity index (χ0v) is 18.4. The molecule has 0 aliphatic rings. The third-order valence-electron chi connectivity index (χ3n) is 5.16. The normalized spacial score (nSPS) is 11.3. The molecule has 2 heteroatoms. The molecule has 0 fully saturated rings. The predicted molar refractivity (Wildman–Crippen MR) is 118 cm³/mol. The van der Waals surface area contributed by atoms with Crippen LogP contribution in [0, 0.1) is 0 Å². The van der Waals surface area contributed by atoms with Crippen molar-refractivity contribution in [3.05, 3.63) is 12.2 Å². The molecule has 0 amide bonds. The zero-order chi connectivity index (χ0) is 20.0. The van der Waals surface area contributed by atoms with Crippen molar-refractivity contribution in [3.63, 3.8) is 0 Å². The molecule has 0 saturated carbocycles. The second kappa shape index (κ2) is 21.4. The Labute approximate surface area is 169 Å². The highest BCUT2D eigenvalue weighted by Crippen LogP contribution is 2.12. The molecule has 2 nitrogen and oxygen atoms in total. The van der Waals surface area contributed by atoms with Crippen LogP contribution in [-0.4, -0.2) is 11.6 Å². The van der Waals surface area contributed by atoms with Crippen LogP contribution in [0.5, 0.6) is 0 Å². The Hall–Kier alpha value is -0.920. The van der Waals surface area contributed by atoms with Crippen LogP contribution in [-0.2, 0) is 9.59 Å². The summed E-state index contributed by atoms with van der Waals surface area (Å²) in [5, 5.41) is 0. The van der Waals surface area contributed by atoms with E-state index in [0.717, 1.165) is 12.8 Å². The lowest BCUT2D eigenvalue weighted by atomic mass is 10.0. The van der Waals surface area contributed by atoms with E-state index in [4.69, 9.17) is 0 Å². The Morgan fingerprint density at radius 3 is 1.44 bits per heavy atom. The molecule has 0 saturated heterocycles. The van der Waals surface area contributed by atoms with Crippen molar-refractivity contribution in [1.29, 1.82) is 0 Å². The minimum atomic E-state index is -0.00621. The molecule has 0 unspecified atom stereocenters. The molecule has 0 heterocycles. The molecule has 0 spiro atoms. The predicted octanol–water partition coefficient (Wildman–Crippen LogP) is 8.13. The first-order chi connectivity index (χ1) is 13.2. The molecule has 0 N–H and O–H groups in total. The van der Waals surface area contributed by atoms with Gasteiger partial charge in [-0.2, -0.15) is 0 Å². The standard InChI is InChI=1S/C25H46O2/c1-3-4-5-6-7-8-9-10-11-12-13-14-15-16-17-18-19-20-21-22-25(27)23-24(2)26/h10-11H,3-9,12-23H2,1-2H3/b11-10+. The molecular formula is C25H46O2. The lowest BCUT2D eigenvalue weighted by molar-refractivity contribution is -0.125. The molecule has 158 valence electrons. The first-order valence-corrected chi connectivity index (χ1v) is 11.8. The monoisotopic (exact) mass is 378 g/mol. The summed E-state index contributed by atoms with van der Waals surface area (Å²) < 4.78 is 0. The fraction of sp³-hybridized carbons (Fsp3) is 0.840. The number of hydrogen-bond acceptors (Lipinski definition) is 2. The molecule has 0 aromatic heterocycles. The smallest absolute Gasteiger partial charge is 0.140 e. The van der Waals surface area contributed by atoms with Gasteiger partial charge in [0.1, 0.15) is 11.6 Å². The maximum Gasteiger partial charge on any atom is 0.140 e. The van der Waals surface area contributed by atoms with E-state index in [0.29, 0.717) is 6.42 Å². The number of allylic oxidation sites excluding steroid dienone is 2. The molecule has 0 rings (SSSR count). The average Bonchev–Trinajstić information content (AvgIpc) is 2.63. The molecule has 0 atom stereocenters. The number of unbranched alkanes of at least 4 members (excludes halogenated alkanes) is 15. The Balaban J connectivity index is 3.15. The van der Waals surface area contributed by atoms with Gasteiger partial charge in [0, 0.05) is 6.42 Å². The van der Waals surface area contributed by atoms with Gasteiger partial charge in [0.25, 0.3) is 0 Å². The van der Waals surface area contributed by atoms with Crippen molar-refractivity contribution < 1.29 is 9.59 Å². The van der Waals surface area contributed by atoms with Crippen LogP contribution in [0.2, 0.25) is 0 Å². The van der Waals surface area contributed by atoms with Gasteiger partial charge in [0.05, 0.1) is 6.42 Å². The third kappa shape index (κ3) is 23.0. The van der Waals surface area contributed by atoms with Gasteiger partial charge in [0.15, 0.2) is 0 Å². The van der Waals surface area contributed by atoms with Gasteiger partial charge in [-0.1, -0.05) is 96.1 Å². The first-order valence-electron chi connectivity index (χ1n) is 11.8. The molecule has 0 aliphatic carbocycles. The highest BCUT2D eigenvalue weighted by atomic mass is 16.1. The first kappa shape index (κ1) is 26.1. The van der Waals surface area contributed by atoms with E-state index in [1.807, 2.05) is 0 Å². The van der Waals surface area contributed by atoms with Gasteiger partial charge in [-0.3, -0.25) is 9.59 Å². The van der Waals surface area contributed by atoms with E-state index < -0.39 is 0 Å². The summed E-state index contributed by atoms with van der Waals surface area (Å²) in [6.07, 6.45) is 27.7. The SMILES string of the molecule is CCCCCCCC/C=C/CCCCCCCCCCCC(=O)CC(C)=O. The summed E-state index contributed by atoms with van der Waals surface area (Å²) >= 11 is 0. The van der Waals surface area contributed by atoms with Crippen molar-refractivity contribution in [3.8, 4) is 0 Å². The zero-order valence-electron chi connectivity index (χ0n) is 18.4. The quantitative estimate of drug-likeness (QED) is 0.115. The van der Waals surface area contributed by atoms with Crippen molar-refractivity contribution in [2.75, 3.05) is 0 Å². The van der Waals surface area contributed by atoms with Gasteiger partial charge in [0.2, 0.25) is 0 Å². The van der Waals surface area contributed by atoms with Crippen LogP contribution in [0.1, 0.15) is 136 Å². The molecule has 0 aromatic rings. The number of hydrogen-bond donors (Lipinski definition) is 0. The Morgan fingerprint density at radius 1 is 0.593 bits per heavy atom. The number of ketones is 2. The summed E-state index contributed by atoms with van der Waals surface area (Å²) in [6, 6.07) is 0. The van der Waals surface area contributed by atoms with Crippen LogP contribution >= 0.6 is 0 Å². The molecule has 0 aromatic carbocycles. The molecule has 0 bridgehead atoms. The fourth-order valence-corrected chi connectivity index (χ4v) is 3.47. The van der Waals surface area contributed by atoms with E-state index in [-0.39, 0.29) is 18.0 Å². The molecular weight excluding hydrogens is 332 g/mol. The number of carbonyl (C=O) groups excluding carboxylic acids is 2. The lowest BCUT2D eigenvalue weighted by Crippen LogP contribution is -2.03. The van der Waals surface area contributed by atoms with E-state index in [9.17, 15) is 9.59 Å². The minimum absolute atomic E-state index is 0.00621. The van der Waals surface area contributed by atoms with Gasteiger partial charge < -0.3 is 0 Å². The average molecular weight is 379 g/mol. The van der Waals surface area contributed by atoms with E-state index in [1.165, 1.54) is 103 Å². The molecule has 0 aliphatic heterocycles. The topological polar surface area (TPSA) is 34.1 Å². The lowest BCUT2D eigenvalue weighted by Gasteiger charge is -2.02. The summed E-state index contributed by atoms with van der Waals surface area (Å²) in [5.41, 5.74) is 0. The fourth-order valence-electron chi connectivity index (χ4n) is 3.47. The van der Waals surface area contributed by atoms with Gasteiger partial charge in [-0.15, -0.1) is 0 Å². The highest BCUT2D eigenvalue weighted by Gasteiger charge is 2.04. The summed E-state index contributed by atoms with van der Waals surface area (Å²) in [5.74, 6) is 0.108. The van der Waals surface area contributed by atoms with E-state index in [2.05, 4.69) is 19.1 Å². The van der Waals surface area contributed by atoms with Crippen molar-refractivity contribution in [1.82, 2.24) is 0 Å². The summed E-state index contributed by atoms with van der Waals surface area (Å²) in [4.78, 5) is 22.2. The van der Waals surface area contributed by atoms with Crippen LogP contribution in [0.3, 0.4) is 0 Å². The van der Waals surface area contributed by atoms with E-state index >= 15 is 0 Å². The number of carbonyl (C=O) groups is 2. The van der Waals surface area contributed by atoms with Crippen molar-refractivity contribution in [2.24, 2.45) is 0 Å². The molecule has 27 heavy (non-hydrogen) atoms. The van der Waals surface area contributed by atoms with E-state index in [1.54, 1.807) is 0 Å².